The summed E-state index contributed by atoms with van der Waals surface area (Å²) >= 11 is 0. The van der Waals surface area contributed by atoms with Crippen molar-refractivity contribution in [2.75, 3.05) is 0 Å². The van der Waals surface area contributed by atoms with E-state index in [0.717, 1.165) is 12.8 Å². The molecule has 0 aromatic heterocycles. The van der Waals surface area contributed by atoms with E-state index in [1.165, 1.54) is 6.42 Å². The van der Waals surface area contributed by atoms with E-state index in [1.54, 1.807) is 0 Å². The van der Waals surface area contributed by atoms with Crippen molar-refractivity contribution in [1.29, 1.82) is 0 Å². The van der Waals surface area contributed by atoms with Crippen LogP contribution in [0.25, 0.3) is 0 Å². The summed E-state index contributed by atoms with van der Waals surface area (Å²) in [5, 5.41) is 10.2. The molecule has 0 amide bonds. The van der Waals surface area contributed by atoms with E-state index < -0.39 is 0 Å². The van der Waals surface area contributed by atoms with Crippen molar-refractivity contribution < 1.29 is 5.11 Å². The van der Waals surface area contributed by atoms with E-state index >= 15 is 0 Å². The van der Waals surface area contributed by atoms with Crippen LogP contribution in [0.3, 0.4) is 0 Å². The van der Waals surface area contributed by atoms with E-state index in [9.17, 15) is 5.11 Å². The van der Waals surface area contributed by atoms with Crippen molar-refractivity contribution in [3.63, 3.8) is 0 Å². The molecule has 3 atom stereocenters. The number of aliphatic hydroxyl groups is 1. The summed E-state index contributed by atoms with van der Waals surface area (Å²) in [6.07, 6.45) is 7.47. The highest BCUT2D eigenvalue weighted by atomic mass is 16.3. The van der Waals surface area contributed by atoms with Crippen LogP contribution in [0.2, 0.25) is 0 Å². The fourth-order valence-electron chi connectivity index (χ4n) is 2.76. The zero-order chi connectivity index (χ0) is 13.3. The van der Waals surface area contributed by atoms with E-state index in [0.29, 0.717) is 17.3 Å². The molecule has 0 radical (unpaired) electrons. The van der Waals surface area contributed by atoms with Gasteiger partial charge in [-0.2, -0.15) is 0 Å². The molecule has 100 valence electrons. The number of hydrogen-bond acceptors (Lipinski definition) is 1. The summed E-state index contributed by atoms with van der Waals surface area (Å²) in [7, 11) is 0. The minimum absolute atomic E-state index is 0.228. The van der Waals surface area contributed by atoms with Gasteiger partial charge in [-0.05, 0) is 29.1 Å². The molecule has 1 aliphatic rings. The Morgan fingerprint density at radius 2 is 1.53 bits per heavy atom. The Bertz CT molecular complexity index is 275. The lowest BCUT2D eigenvalue weighted by molar-refractivity contribution is 0.0243. The Kier molecular flexibility index (Phi) is 4.46. The summed E-state index contributed by atoms with van der Waals surface area (Å²) in [5.74, 6) is 1.00. The third-order valence-corrected chi connectivity index (χ3v) is 5.29. The highest BCUT2D eigenvalue weighted by Crippen LogP contribution is 2.45. The summed E-state index contributed by atoms with van der Waals surface area (Å²) < 4.78 is 0. The van der Waals surface area contributed by atoms with Crippen LogP contribution in [0, 0.1) is 22.7 Å². The third kappa shape index (κ3) is 3.13. The molecule has 0 aromatic carbocycles. The molecule has 1 unspecified atom stereocenters. The molecule has 0 heterocycles. The zero-order valence-electron chi connectivity index (χ0n) is 12.5. The van der Waals surface area contributed by atoms with E-state index in [4.69, 9.17) is 0 Å². The average molecular weight is 238 g/mol. The van der Waals surface area contributed by atoms with Gasteiger partial charge in [0.1, 0.15) is 0 Å². The van der Waals surface area contributed by atoms with E-state index in [1.807, 2.05) is 6.08 Å². The van der Waals surface area contributed by atoms with Gasteiger partial charge in [-0.3, -0.25) is 0 Å². The second-order valence-electron chi connectivity index (χ2n) is 7.01. The van der Waals surface area contributed by atoms with Crippen LogP contribution < -0.4 is 0 Å². The Balaban J connectivity index is 2.89. The third-order valence-electron chi connectivity index (χ3n) is 5.29. The summed E-state index contributed by atoms with van der Waals surface area (Å²) in [6, 6.07) is 0. The van der Waals surface area contributed by atoms with Crippen molar-refractivity contribution in [1.82, 2.24) is 0 Å². The van der Waals surface area contributed by atoms with Crippen molar-refractivity contribution >= 4 is 0 Å². The van der Waals surface area contributed by atoms with Crippen LogP contribution >= 0.6 is 0 Å². The van der Waals surface area contributed by atoms with E-state index in [2.05, 4.69) is 47.6 Å². The van der Waals surface area contributed by atoms with Gasteiger partial charge in [-0.1, -0.05) is 66.5 Å². The van der Waals surface area contributed by atoms with Crippen LogP contribution in [0.15, 0.2) is 12.2 Å². The minimum Gasteiger partial charge on any atom is -0.389 e. The topological polar surface area (TPSA) is 20.2 Å². The first-order chi connectivity index (χ1) is 7.74. The van der Waals surface area contributed by atoms with Gasteiger partial charge in [-0.25, -0.2) is 0 Å². The normalized spacial score (nSPS) is 30.6. The average Bonchev–Trinajstić information content (AvgIpc) is 2.29. The monoisotopic (exact) mass is 238 g/mol. The molecule has 0 saturated carbocycles. The predicted octanol–water partition coefficient (Wildman–Crippen LogP) is 4.41. The Morgan fingerprint density at radius 3 is 2.00 bits per heavy atom. The minimum atomic E-state index is -0.256. The highest BCUT2D eigenvalue weighted by molar-refractivity contribution is 5.08. The summed E-state index contributed by atoms with van der Waals surface area (Å²) in [4.78, 5) is 0. The fraction of sp³-hybridized carbons (Fsp3) is 0.875. The number of rotatable bonds is 4. The molecule has 1 N–H and O–H groups in total. The first-order valence-electron chi connectivity index (χ1n) is 7.11. The van der Waals surface area contributed by atoms with Crippen molar-refractivity contribution in [3.05, 3.63) is 12.2 Å². The van der Waals surface area contributed by atoms with Gasteiger partial charge < -0.3 is 5.11 Å². The lowest BCUT2D eigenvalue weighted by atomic mass is 9.62. The zero-order valence-corrected chi connectivity index (χ0v) is 12.5. The van der Waals surface area contributed by atoms with Gasteiger partial charge in [0.15, 0.2) is 0 Å². The number of hydrogen-bond donors (Lipinski definition) is 1. The molecule has 1 rings (SSSR count). The molecule has 0 bridgehead atoms. The molecule has 0 saturated heterocycles. The van der Waals surface area contributed by atoms with Gasteiger partial charge in [0.2, 0.25) is 0 Å². The first-order valence-corrected chi connectivity index (χ1v) is 7.11. The van der Waals surface area contributed by atoms with Gasteiger partial charge in [0, 0.05) is 0 Å². The molecule has 17 heavy (non-hydrogen) atoms. The molecule has 0 fully saturated rings. The van der Waals surface area contributed by atoms with Gasteiger partial charge in [0.05, 0.1) is 6.10 Å². The van der Waals surface area contributed by atoms with Crippen molar-refractivity contribution in [2.45, 2.75) is 66.9 Å². The molecule has 1 nitrogen and oxygen atoms in total. The Labute approximate surface area is 107 Å². The lowest BCUT2D eigenvalue weighted by Crippen LogP contribution is -2.39. The SMILES string of the molecule is CCC(C)(C)C1C[C@@H](C(C)(C)CC)C=C[C@H]1O. The molecule has 0 aromatic rings. The largest absolute Gasteiger partial charge is 0.389 e. The molecule has 1 aliphatic carbocycles. The Hall–Kier alpha value is -0.300. The second kappa shape index (κ2) is 5.14. The summed E-state index contributed by atoms with van der Waals surface area (Å²) in [6.45, 7) is 13.8. The molecule has 1 heteroatoms. The number of allylic oxidation sites excluding steroid dienone is 1. The smallest absolute Gasteiger partial charge is 0.0754 e. The van der Waals surface area contributed by atoms with Crippen molar-refractivity contribution in [2.24, 2.45) is 22.7 Å². The van der Waals surface area contributed by atoms with Crippen LogP contribution in [0.5, 0.6) is 0 Å². The van der Waals surface area contributed by atoms with Crippen LogP contribution in [-0.4, -0.2) is 11.2 Å². The molecular weight excluding hydrogens is 208 g/mol. The maximum atomic E-state index is 10.2. The van der Waals surface area contributed by atoms with Gasteiger partial charge in [-0.15, -0.1) is 0 Å². The molecule has 0 spiro atoms. The van der Waals surface area contributed by atoms with Gasteiger partial charge in [0.25, 0.3) is 0 Å². The van der Waals surface area contributed by atoms with Crippen LogP contribution in [0.4, 0.5) is 0 Å². The summed E-state index contributed by atoms with van der Waals surface area (Å²) in [5.41, 5.74) is 0.574. The van der Waals surface area contributed by atoms with E-state index in [-0.39, 0.29) is 11.5 Å². The number of aliphatic hydroxyl groups excluding tert-OH is 1. The molecule has 0 aliphatic heterocycles. The molecular formula is C16H30O. The quantitative estimate of drug-likeness (QED) is 0.719. The Morgan fingerprint density at radius 1 is 1.00 bits per heavy atom. The maximum absolute atomic E-state index is 10.2. The predicted molar refractivity (Wildman–Crippen MR) is 74.9 cm³/mol. The second-order valence-corrected chi connectivity index (χ2v) is 7.01. The highest BCUT2D eigenvalue weighted by Gasteiger charge is 2.39. The van der Waals surface area contributed by atoms with Crippen LogP contribution in [-0.2, 0) is 0 Å². The first kappa shape index (κ1) is 14.8. The standard InChI is InChI=1S/C16H30O/c1-7-15(3,4)12-9-10-14(17)13(11-12)16(5,6)8-2/h9-10,12-14,17H,7-8,11H2,1-6H3/t12-,13?,14+/m0/s1. The van der Waals surface area contributed by atoms with Gasteiger partial charge >= 0.3 is 0 Å². The lowest BCUT2D eigenvalue weighted by Gasteiger charge is -2.44. The maximum Gasteiger partial charge on any atom is 0.0754 e. The fourth-order valence-corrected chi connectivity index (χ4v) is 2.76. The van der Waals surface area contributed by atoms with Crippen molar-refractivity contribution in [3.8, 4) is 0 Å². The van der Waals surface area contributed by atoms with Crippen LogP contribution in [0.1, 0.15) is 60.8 Å².